The lowest BCUT2D eigenvalue weighted by molar-refractivity contribution is -0.145. The first-order valence-corrected chi connectivity index (χ1v) is 5.50. The van der Waals surface area contributed by atoms with E-state index in [9.17, 15) is 4.79 Å². The maximum Gasteiger partial charge on any atom is 0.303 e. The Labute approximate surface area is 107 Å². The molecule has 1 aromatic carbocycles. The standard InChI is InChI=1S/C13H18O5/c1-8(18-9(2)14)10-6-11(15-3)13(17-5)12(7-10)16-4/h6-8H,1-5H3. The van der Waals surface area contributed by atoms with Crippen molar-refractivity contribution < 1.29 is 23.7 Å². The van der Waals surface area contributed by atoms with Crippen molar-refractivity contribution in [2.75, 3.05) is 21.3 Å². The quantitative estimate of drug-likeness (QED) is 0.755. The second-order valence-corrected chi connectivity index (χ2v) is 3.71. The molecule has 0 saturated carbocycles. The number of rotatable bonds is 5. The molecule has 5 heteroatoms. The summed E-state index contributed by atoms with van der Waals surface area (Å²) in [6.07, 6.45) is -0.379. The summed E-state index contributed by atoms with van der Waals surface area (Å²) in [5.74, 6) is 1.24. The van der Waals surface area contributed by atoms with E-state index in [1.807, 2.05) is 0 Å². The van der Waals surface area contributed by atoms with Gasteiger partial charge in [0.25, 0.3) is 0 Å². The lowest BCUT2D eigenvalue weighted by Crippen LogP contribution is -2.06. The fourth-order valence-electron chi connectivity index (χ4n) is 1.65. The molecule has 1 rings (SSSR count). The Balaban J connectivity index is 3.18. The number of carbonyl (C=O) groups is 1. The normalized spacial score (nSPS) is 11.6. The molecule has 0 heterocycles. The molecule has 0 aliphatic rings. The van der Waals surface area contributed by atoms with E-state index in [1.165, 1.54) is 28.3 Å². The number of hydrogen-bond donors (Lipinski definition) is 0. The number of methoxy groups -OCH3 is 3. The van der Waals surface area contributed by atoms with Gasteiger partial charge in [0, 0.05) is 6.92 Å². The fourth-order valence-corrected chi connectivity index (χ4v) is 1.65. The van der Waals surface area contributed by atoms with Crippen molar-refractivity contribution in [2.45, 2.75) is 20.0 Å². The third kappa shape index (κ3) is 3.06. The molecule has 0 amide bonds. The third-order valence-electron chi connectivity index (χ3n) is 2.50. The van der Waals surface area contributed by atoms with Crippen LogP contribution in [0, 0.1) is 0 Å². The van der Waals surface area contributed by atoms with E-state index in [0.717, 1.165) is 5.56 Å². The van der Waals surface area contributed by atoms with E-state index >= 15 is 0 Å². The van der Waals surface area contributed by atoms with Crippen LogP contribution in [0.3, 0.4) is 0 Å². The Bertz CT molecular complexity index is 402. The SMILES string of the molecule is COc1cc(C(C)OC(C)=O)cc(OC)c1OC. The van der Waals surface area contributed by atoms with Gasteiger partial charge in [0.05, 0.1) is 21.3 Å². The lowest BCUT2D eigenvalue weighted by atomic mass is 10.1. The molecule has 1 unspecified atom stereocenters. The largest absolute Gasteiger partial charge is 0.493 e. The second-order valence-electron chi connectivity index (χ2n) is 3.71. The maximum absolute atomic E-state index is 11.0. The molecule has 0 N–H and O–H groups in total. The minimum atomic E-state index is -0.379. The van der Waals surface area contributed by atoms with Crippen LogP contribution in [-0.4, -0.2) is 27.3 Å². The molecule has 0 fully saturated rings. The van der Waals surface area contributed by atoms with Crippen LogP contribution in [0.5, 0.6) is 17.2 Å². The van der Waals surface area contributed by atoms with Crippen LogP contribution in [0.1, 0.15) is 25.5 Å². The van der Waals surface area contributed by atoms with Gasteiger partial charge in [-0.05, 0) is 24.6 Å². The van der Waals surface area contributed by atoms with Crippen LogP contribution >= 0.6 is 0 Å². The fraction of sp³-hybridized carbons (Fsp3) is 0.462. The molecule has 1 aromatic rings. The summed E-state index contributed by atoms with van der Waals surface area (Å²) in [5, 5.41) is 0. The average molecular weight is 254 g/mol. The molecule has 1 atom stereocenters. The minimum Gasteiger partial charge on any atom is -0.493 e. The van der Waals surface area contributed by atoms with E-state index in [-0.39, 0.29) is 12.1 Å². The van der Waals surface area contributed by atoms with Crippen molar-refractivity contribution in [1.29, 1.82) is 0 Å². The van der Waals surface area contributed by atoms with Gasteiger partial charge in [-0.3, -0.25) is 4.79 Å². The number of carbonyl (C=O) groups excluding carboxylic acids is 1. The number of benzene rings is 1. The average Bonchev–Trinajstić information content (AvgIpc) is 2.35. The van der Waals surface area contributed by atoms with Crippen LogP contribution in [0.25, 0.3) is 0 Å². The molecule has 0 aromatic heterocycles. The highest BCUT2D eigenvalue weighted by molar-refractivity contribution is 5.66. The number of hydrogen-bond acceptors (Lipinski definition) is 5. The highest BCUT2D eigenvalue weighted by Gasteiger charge is 2.17. The third-order valence-corrected chi connectivity index (χ3v) is 2.50. The topological polar surface area (TPSA) is 54.0 Å². The van der Waals surface area contributed by atoms with Crippen LogP contribution in [-0.2, 0) is 9.53 Å². The number of esters is 1. The Morgan fingerprint density at radius 3 is 1.89 bits per heavy atom. The predicted octanol–water partition coefficient (Wildman–Crippen LogP) is 2.34. The van der Waals surface area contributed by atoms with Gasteiger partial charge in [0.2, 0.25) is 5.75 Å². The van der Waals surface area contributed by atoms with Gasteiger partial charge in [-0.1, -0.05) is 0 Å². The van der Waals surface area contributed by atoms with E-state index in [0.29, 0.717) is 17.2 Å². The van der Waals surface area contributed by atoms with Gasteiger partial charge in [0.1, 0.15) is 6.10 Å². The Kier molecular flexibility index (Phi) is 4.83. The minimum absolute atomic E-state index is 0.337. The first-order valence-electron chi connectivity index (χ1n) is 5.50. The van der Waals surface area contributed by atoms with Crippen LogP contribution in [0.4, 0.5) is 0 Å². The number of ether oxygens (including phenoxy) is 4. The zero-order valence-corrected chi connectivity index (χ0v) is 11.3. The van der Waals surface area contributed by atoms with Crippen molar-refractivity contribution in [2.24, 2.45) is 0 Å². The van der Waals surface area contributed by atoms with Gasteiger partial charge in [-0.25, -0.2) is 0 Å². The van der Waals surface area contributed by atoms with Crippen molar-refractivity contribution in [3.63, 3.8) is 0 Å². The molecule has 0 bridgehead atoms. The lowest BCUT2D eigenvalue weighted by Gasteiger charge is -2.17. The first-order chi connectivity index (χ1) is 8.53. The molecule has 0 saturated heterocycles. The van der Waals surface area contributed by atoms with E-state index < -0.39 is 0 Å². The van der Waals surface area contributed by atoms with E-state index in [1.54, 1.807) is 19.1 Å². The zero-order valence-electron chi connectivity index (χ0n) is 11.3. The molecule has 5 nitrogen and oxygen atoms in total. The van der Waals surface area contributed by atoms with Gasteiger partial charge in [-0.15, -0.1) is 0 Å². The monoisotopic (exact) mass is 254 g/mol. The molecular weight excluding hydrogens is 236 g/mol. The molecule has 0 aliphatic carbocycles. The van der Waals surface area contributed by atoms with Crippen LogP contribution < -0.4 is 14.2 Å². The van der Waals surface area contributed by atoms with Gasteiger partial charge < -0.3 is 18.9 Å². The van der Waals surface area contributed by atoms with Crippen LogP contribution in [0.15, 0.2) is 12.1 Å². The summed E-state index contributed by atoms with van der Waals surface area (Å²) < 4.78 is 20.8. The zero-order chi connectivity index (χ0) is 13.7. The summed E-state index contributed by atoms with van der Waals surface area (Å²) in [6, 6.07) is 3.52. The Morgan fingerprint density at radius 2 is 1.56 bits per heavy atom. The summed E-state index contributed by atoms with van der Waals surface area (Å²) >= 11 is 0. The van der Waals surface area contributed by atoms with Gasteiger partial charge >= 0.3 is 5.97 Å². The first kappa shape index (κ1) is 14.2. The Hall–Kier alpha value is -1.91. The highest BCUT2D eigenvalue weighted by atomic mass is 16.5. The Morgan fingerprint density at radius 1 is 1.06 bits per heavy atom. The summed E-state index contributed by atoms with van der Waals surface area (Å²) in [4.78, 5) is 11.0. The molecule has 18 heavy (non-hydrogen) atoms. The van der Waals surface area contributed by atoms with E-state index in [2.05, 4.69) is 0 Å². The highest BCUT2D eigenvalue weighted by Crippen LogP contribution is 2.40. The molecule has 0 spiro atoms. The van der Waals surface area contributed by atoms with Crippen molar-refractivity contribution >= 4 is 5.97 Å². The van der Waals surface area contributed by atoms with Gasteiger partial charge in [0.15, 0.2) is 11.5 Å². The summed E-state index contributed by atoms with van der Waals surface area (Å²) in [5.41, 5.74) is 0.778. The van der Waals surface area contributed by atoms with E-state index in [4.69, 9.17) is 18.9 Å². The summed E-state index contributed by atoms with van der Waals surface area (Å²) in [7, 11) is 4.62. The van der Waals surface area contributed by atoms with Crippen molar-refractivity contribution in [3.05, 3.63) is 17.7 Å². The van der Waals surface area contributed by atoms with Crippen LogP contribution in [0.2, 0.25) is 0 Å². The summed E-state index contributed by atoms with van der Waals surface area (Å²) in [6.45, 7) is 3.15. The predicted molar refractivity (Wildman–Crippen MR) is 66.3 cm³/mol. The maximum atomic E-state index is 11.0. The smallest absolute Gasteiger partial charge is 0.303 e. The van der Waals surface area contributed by atoms with Crippen molar-refractivity contribution in [3.8, 4) is 17.2 Å². The molecule has 100 valence electrons. The molecular formula is C13H18O5. The molecule has 0 aliphatic heterocycles. The van der Waals surface area contributed by atoms with Crippen molar-refractivity contribution in [1.82, 2.24) is 0 Å². The second kappa shape index (κ2) is 6.14. The molecule has 0 radical (unpaired) electrons. The van der Waals surface area contributed by atoms with Gasteiger partial charge in [-0.2, -0.15) is 0 Å².